The molecular weight excluding hydrogens is 300 g/mol. The molecule has 0 heterocycles. The summed E-state index contributed by atoms with van der Waals surface area (Å²) in [6.07, 6.45) is 6.63. The number of hydrogen-bond acceptors (Lipinski definition) is 2. The van der Waals surface area contributed by atoms with Crippen molar-refractivity contribution in [2.75, 3.05) is 13.7 Å². The van der Waals surface area contributed by atoms with Crippen molar-refractivity contribution in [3.05, 3.63) is 60.7 Å². The summed E-state index contributed by atoms with van der Waals surface area (Å²) in [6.45, 7) is 0.809. The third-order valence-electron chi connectivity index (χ3n) is 4.84. The first kappa shape index (κ1) is 16.4. The van der Waals surface area contributed by atoms with Crippen molar-refractivity contribution < 1.29 is 8.85 Å². The summed E-state index contributed by atoms with van der Waals surface area (Å²) in [5.41, 5.74) is 0. The molecule has 2 aromatic carbocycles. The van der Waals surface area contributed by atoms with Gasteiger partial charge in [0.1, 0.15) is 0 Å². The van der Waals surface area contributed by atoms with E-state index in [1.807, 2.05) is 12.1 Å². The van der Waals surface area contributed by atoms with Gasteiger partial charge in [0, 0.05) is 13.7 Å². The number of benzene rings is 2. The number of hydrogen-bond donors (Lipinski definition) is 0. The molecule has 2 aromatic rings. The first-order valence-electron chi connectivity index (χ1n) is 8.65. The summed E-state index contributed by atoms with van der Waals surface area (Å²) < 4.78 is 12.7. The molecule has 0 aromatic heterocycles. The molecule has 0 saturated heterocycles. The van der Waals surface area contributed by atoms with Crippen LogP contribution in [-0.4, -0.2) is 22.3 Å². The predicted octanol–water partition coefficient (Wildman–Crippen LogP) is 3.49. The molecule has 1 aliphatic carbocycles. The van der Waals surface area contributed by atoms with Crippen molar-refractivity contribution >= 4 is 18.9 Å². The Labute approximate surface area is 140 Å². The van der Waals surface area contributed by atoms with E-state index in [-0.39, 0.29) is 0 Å². The predicted molar refractivity (Wildman–Crippen MR) is 97.4 cm³/mol. The Balaban J connectivity index is 1.89. The Hall–Kier alpha value is -1.42. The fourth-order valence-corrected chi connectivity index (χ4v) is 6.52. The van der Waals surface area contributed by atoms with Crippen LogP contribution in [0.2, 0.25) is 0 Å². The third kappa shape index (κ3) is 3.74. The van der Waals surface area contributed by atoms with Crippen molar-refractivity contribution in [1.29, 1.82) is 0 Å². The third-order valence-corrected chi connectivity index (χ3v) is 8.18. The highest BCUT2D eigenvalue weighted by atomic mass is 28.4. The molecule has 3 heteroatoms. The van der Waals surface area contributed by atoms with Crippen molar-refractivity contribution in [2.24, 2.45) is 5.92 Å². The normalized spacial score (nSPS) is 16.4. The zero-order valence-corrected chi connectivity index (χ0v) is 14.9. The van der Waals surface area contributed by atoms with Crippen LogP contribution in [0.3, 0.4) is 0 Å². The molecule has 0 spiro atoms. The van der Waals surface area contributed by atoms with Gasteiger partial charge in [-0.2, -0.15) is 0 Å². The molecule has 0 atom stereocenters. The van der Waals surface area contributed by atoms with Gasteiger partial charge in [0.2, 0.25) is 0 Å². The minimum absolute atomic E-state index is 0.679. The van der Waals surface area contributed by atoms with Crippen molar-refractivity contribution in [3.63, 3.8) is 0 Å². The molecule has 23 heavy (non-hydrogen) atoms. The fraction of sp³-hybridized carbons (Fsp3) is 0.400. The molecule has 0 unspecified atom stereocenters. The molecule has 0 amide bonds. The summed E-state index contributed by atoms with van der Waals surface area (Å²) >= 11 is 0. The second-order valence-corrected chi connectivity index (χ2v) is 9.45. The van der Waals surface area contributed by atoms with E-state index >= 15 is 0 Å². The molecule has 3 rings (SSSR count). The second-order valence-electron chi connectivity index (χ2n) is 6.37. The van der Waals surface area contributed by atoms with Crippen LogP contribution >= 0.6 is 0 Å². The Morgan fingerprint density at radius 2 is 1.35 bits per heavy atom. The molecule has 122 valence electrons. The van der Waals surface area contributed by atoms with E-state index in [4.69, 9.17) is 8.85 Å². The van der Waals surface area contributed by atoms with E-state index in [0.717, 1.165) is 6.61 Å². The van der Waals surface area contributed by atoms with Gasteiger partial charge in [-0.25, -0.2) is 0 Å². The molecule has 2 nitrogen and oxygen atoms in total. The highest BCUT2D eigenvalue weighted by Gasteiger charge is 2.42. The van der Waals surface area contributed by atoms with Crippen LogP contribution in [0.1, 0.15) is 32.1 Å². The average molecular weight is 327 g/mol. The first-order chi connectivity index (χ1) is 11.3. The summed E-state index contributed by atoms with van der Waals surface area (Å²) in [4.78, 5) is 0. The lowest BCUT2D eigenvalue weighted by molar-refractivity contribution is 0.164. The highest BCUT2D eigenvalue weighted by molar-refractivity contribution is 6.92. The Bertz CT molecular complexity index is 540. The van der Waals surface area contributed by atoms with E-state index < -0.39 is 8.56 Å². The standard InChI is InChI=1S/C20H26O2Si/c1-21-23(19-13-7-3-8-14-19,20-15-9-4-10-16-20)22-17-18-11-5-2-6-12-18/h3-4,7-10,13-16,18H,2,5-6,11-12,17H2,1H3. The SMILES string of the molecule is CO[Si](OCC1CCCCC1)(c1ccccc1)c1ccccc1. The smallest absolute Gasteiger partial charge is 0.391 e. The van der Waals surface area contributed by atoms with E-state index in [2.05, 4.69) is 48.5 Å². The summed E-state index contributed by atoms with van der Waals surface area (Å²) in [6, 6.07) is 21.0. The lowest BCUT2D eigenvalue weighted by atomic mass is 9.90. The maximum absolute atomic E-state index is 6.61. The lowest BCUT2D eigenvalue weighted by Crippen LogP contribution is -2.63. The maximum Gasteiger partial charge on any atom is 0.406 e. The van der Waals surface area contributed by atoms with Gasteiger partial charge < -0.3 is 8.85 Å². The van der Waals surface area contributed by atoms with Crippen LogP contribution < -0.4 is 10.4 Å². The van der Waals surface area contributed by atoms with E-state index in [1.54, 1.807) is 7.11 Å². The van der Waals surface area contributed by atoms with Gasteiger partial charge >= 0.3 is 8.56 Å². The average Bonchev–Trinajstić information content (AvgIpc) is 2.65. The molecule has 0 N–H and O–H groups in total. The van der Waals surface area contributed by atoms with Gasteiger partial charge in [-0.05, 0) is 29.1 Å². The molecular formula is C20H26O2Si. The Morgan fingerprint density at radius 1 is 0.826 bits per heavy atom. The molecule has 1 saturated carbocycles. The lowest BCUT2D eigenvalue weighted by Gasteiger charge is -2.32. The molecule has 1 aliphatic rings. The van der Waals surface area contributed by atoms with Crippen LogP contribution in [0.15, 0.2) is 60.7 Å². The van der Waals surface area contributed by atoms with Crippen LogP contribution in [-0.2, 0) is 8.85 Å². The topological polar surface area (TPSA) is 18.5 Å². The van der Waals surface area contributed by atoms with Gasteiger partial charge in [-0.15, -0.1) is 0 Å². The first-order valence-corrected chi connectivity index (χ1v) is 10.5. The summed E-state index contributed by atoms with van der Waals surface area (Å²) in [5, 5.41) is 2.37. The monoisotopic (exact) mass is 326 g/mol. The van der Waals surface area contributed by atoms with Crippen LogP contribution in [0.5, 0.6) is 0 Å². The van der Waals surface area contributed by atoms with Gasteiger partial charge in [0.25, 0.3) is 0 Å². The van der Waals surface area contributed by atoms with Crippen LogP contribution in [0.25, 0.3) is 0 Å². The van der Waals surface area contributed by atoms with E-state index in [1.165, 1.54) is 42.5 Å². The summed E-state index contributed by atoms with van der Waals surface area (Å²) in [7, 11) is -0.807. The van der Waals surface area contributed by atoms with Crippen molar-refractivity contribution in [3.8, 4) is 0 Å². The Kier molecular flexibility index (Phi) is 5.65. The fourth-order valence-electron chi connectivity index (χ4n) is 3.53. The highest BCUT2D eigenvalue weighted by Crippen LogP contribution is 2.25. The zero-order valence-electron chi connectivity index (χ0n) is 13.9. The van der Waals surface area contributed by atoms with Gasteiger partial charge in [0.15, 0.2) is 0 Å². The molecule has 0 aliphatic heterocycles. The van der Waals surface area contributed by atoms with Crippen LogP contribution in [0, 0.1) is 5.92 Å². The zero-order chi connectivity index (χ0) is 16.0. The molecule has 1 fully saturated rings. The van der Waals surface area contributed by atoms with Gasteiger partial charge in [-0.3, -0.25) is 0 Å². The van der Waals surface area contributed by atoms with E-state index in [9.17, 15) is 0 Å². The largest absolute Gasteiger partial charge is 0.406 e. The van der Waals surface area contributed by atoms with Crippen molar-refractivity contribution in [1.82, 2.24) is 0 Å². The van der Waals surface area contributed by atoms with E-state index in [0.29, 0.717) is 5.92 Å². The molecule has 0 radical (unpaired) electrons. The maximum atomic E-state index is 6.61. The quantitative estimate of drug-likeness (QED) is 0.757. The Morgan fingerprint density at radius 3 is 1.83 bits per heavy atom. The van der Waals surface area contributed by atoms with Crippen molar-refractivity contribution in [2.45, 2.75) is 32.1 Å². The minimum atomic E-state index is -2.61. The van der Waals surface area contributed by atoms with Gasteiger partial charge in [0.05, 0.1) is 0 Å². The second kappa shape index (κ2) is 7.91. The summed E-state index contributed by atoms with van der Waals surface area (Å²) in [5.74, 6) is 0.679. The molecule has 0 bridgehead atoms. The minimum Gasteiger partial charge on any atom is -0.391 e. The van der Waals surface area contributed by atoms with Gasteiger partial charge in [-0.1, -0.05) is 79.9 Å². The van der Waals surface area contributed by atoms with Crippen LogP contribution in [0.4, 0.5) is 0 Å². The number of rotatable bonds is 6.